The monoisotopic (exact) mass is 502 g/mol. The number of nitrogens with one attached hydrogen (secondary N) is 3. The van der Waals surface area contributed by atoms with Crippen molar-refractivity contribution in [2.24, 2.45) is 0 Å². The Morgan fingerprint density at radius 3 is 2.58 bits per heavy atom. The second-order valence-corrected chi connectivity index (χ2v) is 9.97. The minimum absolute atomic E-state index is 0.0481. The van der Waals surface area contributed by atoms with E-state index in [9.17, 15) is 14.0 Å². The van der Waals surface area contributed by atoms with Crippen LogP contribution in [0.4, 0.5) is 15.9 Å². The van der Waals surface area contributed by atoms with Gasteiger partial charge < -0.3 is 20.4 Å². The number of pyridine rings is 2. The van der Waals surface area contributed by atoms with E-state index in [1.165, 1.54) is 36.7 Å². The van der Waals surface area contributed by atoms with Gasteiger partial charge >= 0.3 is 0 Å². The van der Waals surface area contributed by atoms with Crippen molar-refractivity contribution in [3.63, 3.8) is 0 Å². The van der Waals surface area contributed by atoms with Crippen LogP contribution < -0.4 is 20.8 Å². The third kappa shape index (κ3) is 4.96. The maximum Gasteiger partial charge on any atom is 0.261 e. The molecule has 9 heteroatoms. The first-order valence-electron chi connectivity index (χ1n) is 11.3. The van der Waals surface area contributed by atoms with Gasteiger partial charge in [0.2, 0.25) is 5.43 Å². The number of thioether (sulfide) groups is 1. The second-order valence-electron chi connectivity index (χ2n) is 8.98. The summed E-state index contributed by atoms with van der Waals surface area (Å²) in [5, 5.41) is 6.16. The number of H-pyrrole nitrogens is 1. The number of amides is 1. The average molecular weight is 503 g/mol. The zero-order chi connectivity index (χ0) is 25.3. The van der Waals surface area contributed by atoms with E-state index in [1.54, 1.807) is 42.2 Å². The molecule has 0 fully saturated rings. The smallest absolute Gasteiger partial charge is 0.261 e. The Bertz CT molecular complexity index is 1480. The number of nitrogens with zero attached hydrogens (tertiary/aromatic N) is 1. The summed E-state index contributed by atoms with van der Waals surface area (Å²) in [4.78, 5) is 33.9. The van der Waals surface area contributed by atoms with Crippen molar-refractivity contribution in [2.75, 3.05) is 16.4 Å². The second kappa shape index (κ2) is 9.50. The van der Waals surface area contributed by atoms with E-state index in [0.29, 0.717) is 22.7 Å². The third-order valence-corrected chi connectivity index (χ3v) is 7.14. The predicted molar refractivity (Wildman–Crippen MR) is 140 cm³/mol. The van der Waals surface area contributed by atoms with Crippen LogP contribution in [0.2, 0.25) is 0 Å². The number of rotatable bonds is 5. The number of aromatic nitrogens is 2. The Kier molecular flexibility index (Phi) is 6.24. The van der Waals surface area contributed by atoms with Crippen molar-refractivity contribution in [1.82, 2.24) is 9.97 Å². The minimum atomic E-state index is -0.554. The molecule has 7 nitrogen and oxygen atoms in total. The Hall–Kier alpha value is -4.11. The lowest BCUT2D eigenvalue weighted by atomic mass is 10.0. The molecule has 5 rings (SSSR count). The molecule has 182 valence electrons. The quantitative estimate of drug-likeness (QED) is 0.314. The number of hydrogen-bond donors (Lipinski definition) is 3. The molecule has 36 heavy (non-hydrogen) atoms. The van der Waals surface area contributed by atoms with E-state index in [0.717, 1.165) is 16.5 Å². The summed E-state index contributed by atoms with van der Waals surface area (Å²) in [6.07, 6.45) is 4.54. The number of benzene rings is 2. The Labute approximate surface area is 211 Å². The van der Waals surface area contributed by atoms with Gasteiger partial charge in [-0.3, -0.25) is 9.59 Å². The molecule has 1 amide bonds. The zero-order valence-corrected chi connectivity index (χ0v) is 20.4. The van der Waals surface area contributed by atoms with E-state index < -0.39 is 17.2 Å². The van der Waals surface area contributed by atoms with Gasteiger partial charge in [0.05, 0.1) is 4.90 Å². The molecule has 0 spiro atoms. The summed E-state index contributed by atoms with van der Waals surface area (Å²) in [6.45, 7) is 4.25. The predicted octanol–water partition coefficient (Wildman–Crippen LogP) is 5.92. The minimum Gasteiger partial charge on any atom is -0.456 e. The molecule has 1 aliphatic heterocycles. The summed E-state index contributed by atoms with van der Waals surface area (Å²) in [6, 6.07) is 14.2. The number of halogens is 1. The van der Waals surface area contributed by atoms with Gasteiger partial charge in [-0.1, -0.05) is 12.1 Å². The molecule has 0 radical (unpaired) electrons. The molecular formula is C27H23FN4O3S. The maximum absolute atomic E-state index is 13.2. The molecule has 2 aromatic heterocycles. The fourth-order valence-electron chi connectivity index (χ4n) is 3.78. The van der Waals surface area contributed by atoms with Crippen molar-refractivity contribution in [2.45, 2.75) is 24.3 Å². The van der Waals surface area contributed by atoms with E-state index in [4.69, 9.17) is 4.74 Å². The van der Waals surface area contributed by atoms with Crippen LogP contribution >= 0.6 is 11.8 Å². The van der Waals surface area contributed by atoms with E-state index in [1.807, 2.05) is 6.07 Å². The van der Waals surface area contributed by atoms with Gasteiger partial charge in [0, 0.05) is 47.2 Å². The highest BCUT2D eigenvalue weighted by atomic mass is 32.2. The lowest BCUT2D eigenvalue weighted by molar-refractivity contribution is 0.102. The fraction of sp³-hybridized carbons (Fsp3) is 0.148. The SMILES string of the molecule is CC1(C)CSc2c(Oc3ccc(NC(=O)c4c[nH]cc(-c5ccc(F)cc5)c4=O)cc3)ccnc2N1. The largest absolute Gasteiger partial charge is 0.456 e. The van der Waals surface area contributed by atoms with Crippen molar-refractivity contribution in [3.05, 3.63) is 94.8 Å². The first-order chi connectivity index (χ1) is 17.3. The molecule has 0 saturated carbocycles. The molecule has 0 bridgehead atoms. The molecule has 3 heterocycles. The fourth-order valence-corrected chi connectivity index (χ4v) is 4.85. The molecule has 0 saturated heterocycles. The van der Waals surface area contributed by atoms with Crippen LogP contribution in [0.3, 0.4) is 0 Å². The van der Waals surface area contributed by atoms with Crippen LogP contribution in [0.5, 0.6) is 11.5 Å². The molecule has 0 atom stereocenters. The van der Waals surface area contributed by atoms with Gasteiger partial charge in [0.25, 0.3) is 5.91 Å². The number of anilines is 2. The van der Waals surface area contributed by atoms with Crippen molar-refractivity contribution < 1.29 is 13.9 Å². The average Bonchev–Trinajstić information content (AvgIpc) is 2.85. The van der Waals surface area contributed by atoms with Crippen molar-refractivity contribution in [1.29, 1.82) is 0 Å². The van der Waals surface area contributed by atoms with Gasteiger partial charge in [-0.2, -0.15) is 0 Å². The Morgan fingerprint density at radius 1 is 1.08 bits per heavy atom. The lowest BCUT2D eigenvalue weighted by Gasteiger charge is -2.32. The summed E-state index contributed by atoms with van der Waals surface area (Å²) in [5.41, 5.74) is 0.756. The first kappa shape index (κ1) is 23.6. The van der Waals surface area contributed by atoms with Crippen molar-refractivity contribution >= 4 is 29.2 Å². The van der Waals surface area contributed by atoms with Crippen LogP contribution in [0.25, 0.3) is 11.1 Å². The van der Waals surface area contributed by atoms with E-state index >= 15 is 0 Å². The first-order valence-corrected chi connectivity index (χ1v) is 12.2. The van der Waals surface area contributed by atoms with Crippen LogP contribution in [0, 0.1) is 5.82 Å². The van der Waals surface area contributed by atoms with Gasteiger partial charge in [-0.05, 0) is 55.8 Å². The van der Waals surface area contributed by atoms with Crippen molar-refractivity contribution in [3.8, 4) is 22.6 Å². The number of ether oxygens (including phenoxy) is 1. The van der Waals surface area contributed by atoms with Crippen LogP contribution in [0.15, 0.2) is 82.9 Å². The highest BCUT2D eigenvalue weighted by molar-refractivity contribution is 7.99. The van der Waals surface area contributed by atoms with Gasteiger partial charge in [0.1, 0.15) is 28.7 Å². The van der Waals surface area contributed by atoms with Gasteiger partial charge in [-0.15, -0.1) is 11.8 Å². The molecular weight excluding hydrogens is 479 g/mol. The Balaban J connectivity index is 1.30. The highest BCUT2D eigenvalue weighted by Crippen LogP contribution is 2.43. The lowest BCUT2D eigenvalue weighted by Crippen LogP contribution is -2.36. The Morgan fingerprint density at radius 2 is 1.83 bits per heavy atom. The molecule has 0 aliphatic carbocycles. The summed E-state index contributed by atoms with van der Waals surface area (Å²) in [5.74, 6) is 2.03. The van der Waals surface area contributed by atoms with E-state index in [2.05, 4.69) is 34.4 Å². The molecule has 0 unspecified atom stereocenters. The molecule has 1 aliphatic rings. The standard InChI is InChI=1S/C27H23FN4O3S/c1-27(2)15-36-24-22(11-12-30-25(24)32-27)35-19-9-7-18(8-10-19)31-26(34)21-14-29-13-20(23(21)33)16-3-5-17(28)6-4-16/h3-14H,15H2,1-2H3,(H,29,33)(H,30,32)(H,31,34). The van der Waals surface area contributed by atoms with Crippen LogP contribution in [-0.2, 0) is 0 Å². The number of hydrogen-bond acceptors (Lipinski definition) is 6. The van der Waals surface area contributed by atoms with Gasteiger partial charge in [0.15, 0.2) is 0 Å². The number of carbonyl (C=O) groups excluding carboxylic acids is 1. The number of aromatic amines is 1. The molecule has 2 aromatic carbocycles. The maximum atomic E-state index is 13.2. The third-order valence-electron chi connectivity index (χ3n) is 5.59. The normalized spacial score (nSPS) is 13.9. The van der Waals surface area contributed by atoms with Crippen LogP contribution in [-0.4, -0.2) is 27.2 Å². The van der Waals surface area contributed by atoms with Gasteiger partial charge in [-0.25, -0.2) is 9.37 Å². The summed E-state index contributed by atoms with van der Waals surface area (Å²) < 4.78 is 19.3. The summed E-state index contributed by atoms with van der Waals surface area (Å²) >= 11 is 1.69. The molecule has 3 N–H and O–H groups in total. The highest BCUT2D eigenvalue weighted by Gasteiger charge is 2.28. The molecule has 4 aromatic rings. The summed E-state index contributed by atoms with van der Waals surface area (Å²) in [7, 11) is 0. The topological polar surface area (TPSA) is 96.1 Å². The zero-order valence-electron chi connectivity index (χ0n) is 19.6. The van der Waals surface area contributed by atoms with E-state index in [-0.39, 0.29) is 16.7 Å². The number of carbonyl (C=O) groups is 1. The number of fused-ring (bicyclic) bond motifs is 1. The van der Waals surface area contributed by atoms with Crippen LogP contribution in [0.1, 0.15) is 24.2 Å².